The predicted molar refractivity (Wildman–Crippen MR) is 114 cm³/mol. The molecule has 1 aromatic heterocycles. The molecule has 1 heterocycles. The van der Waals surface area contributed by atoms with Crippen LogP contribution in [0.4, 0.5) is 0 Å². The van der Waals surface area contributed by atoms with Gasteiger partial charge in [-0.1, -0.05) is 59.1 Å². The Bertz CT molecular complexity index is 1150. The van der Waals surface area contributed by atoms with E-state index in [2.05, 4.69) is 0 Å². The van der Waals surface area contributed by atoms with Crippen molar-refractivity contribution in [2.75, 3.05) is 0 Å². The second-order valence-electron chi connectivity index (χ2n) is 6.17. The van der Waals surface area contributed by atoms with Crippen molar-refractivity contribution in [3.05, 3.63) is 79.0 Å². The molecule has 0 aliphatic heterocycles. The molecule has 0 bridgehead atoms. The molecule has 3 aromatic rings. The number of carboxylic acids is 1. The van der Waals surface area contributed by atoms with Crippen molar-refractivity contribution in [2.45, 2.75) is 20.4 Å². The molecule has 4 nitrogen and oxygen atoms in total. The molecule has 28 heavy (non-hydrogen) atoms. The summed E-state index contributed by atoms with van der Waals surface area (Å²) in [4.78, 5) is 25.4. The van der Waals surface area contributed by atoms with E-state index in [4.69, 9.17) is 34.8 Å². The van der Waals surface area contributed by atoms with Crippen molar-refractivity contribution in [3.63, 3.8) is 0 Å². The third-order valence-electron chi connectivity index (χ3n) is 4.59. The zero-order valence-electron chi connectivity index (χ0n) is 15.1. The lowest BCUT2D eigenvalue weighted by Crippen LogP contribution is -2.25. The van der Waals surface area contributed by atoms with Crippen LogP contribution in [0.5, 0.6) is 0 Å². The van der Waals surface area contributed by atoms with Gasteiger partial charge in [0.05, 0.1) is 21.3 Å². The summed E-state index contributed by atoms with van der Waals surface area (Å²) in [6.07, 6.45) is 0. The molecule has 0 atom stereocenters. The molecule has 0 spiro atoms. The van der Waals surface area contributed by atoms with Crippen molar-refractivity contribution < 1.29 is 9.90 Å². The van der Waals surface area contributed by atoms with Gasteiger partial charge >= 0.3 is 5.97 Å². The second-order valence-corrected chi connectivity index (χ2v) is 7.39. The average Bonchev–Trinajstić information content (AvgIpc) is 2.64. The Hall–Kier alpha value is -2.27. The fourth-order valence-electron chi connectivity index (χ4n) is 3.35. The van der Waals surface area contributed by atoms with Gasteiger partial charge in [0.15, 0.2) is 0 Å². The summed E-state index contributed by atoms with van der Waals surface area (Å²) in [7, 11) is 0. The summed E-state index contributed by atoms with van der Waals surface area (Å²) in [5, 5.41) is 10.9. The van der Waals surface area contributed by atoms with Gasteiger partial charge in [0.1, 0.15) is 5.56 Å². The van der Waals surface area contributed by atoms with Crippen LogP contribution in [0.1, 0.15) is 23.0 Å². The molecule has 0 amide bonds. The fraction of sp³-hybridized carbons (Fsp3) is 0.143. The monoisotopic (exact) mass is 435 g/mol. The summed E-state index contributed by atoms with van der Waals surface area (Å²) in [5.41, 5.74) is 1.24. The van der Waals surface area contributed by atoms with Crippen LogP contribution in [0.25, 0.3) is 22.4 Å². The first-order valence-electron chi connectivity index (χ1n) is 8.48. The summed E-state index contributed by atoms with van der Waals surface area (Å²) in [5.74, 6) is -1.32. The highest BCUT2D eigenvalue weighted by Gasteiger charge is 2.26. The van der Waals surface area contributed by atoms with Crippen molar-refractivity contribution in [2.24, 2.45) is 0 Å². The average molecular weight is 437 g/mol. The molecule has 0 unspecified atom stereocenters. The first kappa shape index (κ1) is 20.5. The van der Waals surface area contributed by atoms with Crippen LogP contribution in [-0.4, -0.2) is 15.6 Å². The quantitative estimate of drug-likeness (QED) is 0.532. The number of aromatic carboxylic acids is 1. The first-order chi connectivity index (χ1) is 13.3. The number of benzene rings is 2. The van der Waals surface area contributed by atoms with Crippen LogP contribution >= 0.6 is 34.8 Å². The van der Waals surface area contributed by atoms with Gasteiger partial charge in [-0.25, -0.2) is 4.79 Å². The maximum Gasteiger partial charge on any atom is 0.341 e. The van der Waals surface area contributed by atoms with E-state index in [1.807, 2.05) is 6.92 Å². The van der Waals surface area contributed by atoms with Crippen LogP contribution in [0.3, 0.4) is 0 Å². The first-order valence-corrected chi connectivity index (χ1v) is 9.62. The van der Waals surface area contributed by atoms with Gasteiger partial charge < -0.3 is 9.67 Å². The minimum atomic E-state index is -1.32. The van der Waals surface area contributed by atoms with Gasteiger partial charge in [-0.2, -0.15) is 0 Å². The molecule has 0 radical (unpaired) electrons. The van der Waals surface area contributed by atoms with Gasteiger partial charge in [-0.15, -0.1) is 0 Å². The maximum absolute atomic E-state index is 13.3. The van der Waals surface area contributed by atoms with E-state index in [0.717, 1.165) is 0 Å². The third kappa shape index (κ3) is 3.44. The van der Waals surface area contributed by atoms with Gasteiger partial charge in [-0.3, -0.25) is 4.79 Å². The van der Waals surface area contributed by atoms with Crippen LogP contribution in [0, 0.1) is 6.92 Å². The minimum Gasteiger partial charge on any atom is -0.477 e. The molecular formula is C21H16Cl3NO3. The molecule has 0 fully saturated rings. The SMILES string of the molecule is CCn1c(C)c(-c2ccccc2Cl)c(=O)c(C(=O)O)c1-c1ccc(Cl)c(Cl)c1. The Morgan fingerprint density at radius 3 is 2.29 bits per heavy atom. The lowest BCUT2D eigenvalue weighted by Gasteiger charge is -2.21. The minimum absolute atomic E-state index is 0.272. The van der Waals surface area contributed by atoms with E-state index in [1.165, 1.54) is 0 Å². The number of pyridine rings is 1. The number of hydrogen-bond donors (Lipinski definition) is 1. The van der Waals surface area contributed by atoms with Gasteiger partial charge in [0.25, 0.3) is 0 Å². The van der Waals surface area contributed by atoms with Gasteiger partial charge in [0.2, 0.25) is 5.43 Å². The van der Waals surface area contributed by atoms with E-state index in [0.29, 0.717) is 33.4 Å². The van der Waals surface area contributed by atoms with Gasteiger partial charge in [0, 0.05) is 28.4 Å². The zero-order chi connectivity index (χ0) is 20.6. The van der Waals surface area contributed by atoms with E-state index in [1.54, 1.807) is 54.0 Å². The Morgan fingerprint density at radius 2 is 1.71 bits per heavy atom. The second kappa shape index (κ2) is 8.00. The number of rotatable bonds is 4. The number of hydrogen-bond acceptors (Lipinski definition) is 2. The van der Waals surface area contributed by atoms with Crippen LogP contribution in [0.2, 0.25) is 15.1 Å². The molecule has 3 rings (SSSR count). The highest BCUT2D eigenvalue weighted by Crippen LogP contribution is 2.34. The van der Waals surface area contributed by atoms with E-state index in [-0.39, 0.29) is 21.8 Å². The molecule has 0 saturated heterocycles. The Balaban J connectivity index is 2.49. The summed E-state index contributed by atoms with van der Waals surface area (Å²) >= 11 is 18.4. The topological polar surface area (TPSA) is 59.3 Å². The molecular weight excluding hydrogens is 421 g/mol. The normalized spacial score (nSPS) is 10.9. The standard InChI is InChI=1S/C21H16Cl3NO3/c1-3-25-11(2)17(13-6-4-5-7-14(13)22)20(26)18(21(27)28)19(25)12-8-9-15(23)16(24)10-12/h4-10H,3H2,1-2H3,(H,27,28). The number of nitrogens with zero attached hydrogens (tertiary/aromatic N) is 1. The zero-order valence-corrected chi connectivity index (χ0v) is 17.4. The predicted octanol–water partition coefficient (Wildman–Crippen LogP) is 6.17. The van der Waals surface area contributed by atoms with Crippen LogP contribution in [0.15, 0.2) is 47.3 Å². The highest BCUT2D eigenvalue weighted by atomic mass is 35.5. The third-order valence-corrected chi connectivity index (χ3v) is 5.66. The Labute approximate surface area is 176 Å². The molecule has 0 aliphatic rings. The lowest BCUT2D eigenvalue weighted by atomic mass is 9.96. The lowest BCUT2D eigenvalue weighted by molar-refractivity contribution is 0.0695. The molecule has 0 aliphatic carbocycles. The number of carbonyl (C=O) groups is 1. The van der Waals surface area contributed by atoms with E-state index >= 15 is 0 Å². The molecule has 2 aromatic carbocycles. The van der Waals surface area contributed by atoms with Crippen molar-refractivity contribution in [1.82, 2.24) is 4.57 Å². The summed E-state index contributed by atoms with van der Waals surface area (Å²) < 4.78 is 1.78. The number of aromatic nitrogens is 1. The Morgan fingerprint density at radius 1 is 1.04 bits per heavy atom. The molecule has 7 heteroatoms. The summed E-state index contributed by atoms with van der Waals surface area (Å²) in [6.45, 7) is 4.09. The highest BCUT2D eigenvalue weighted by molar-refractivity contribution is 6.42. The van der Waals surface area contributed by atoms with E-state index in [9.17, 15) is 14.7 Å². The maximum atomic E-state index is 13.3. The van der Waals surface area contributed by atoms with Crippen LogP contribution in [-0.2, 0) is 6.54 Å². The van der Waals surface area contributed by atoms with Crippen molar-refractivity contribution >= 4 is 40.8 Å². The number of carboxylic acid groups (broad SMARTS) is 1. The Kier molecular flexibility index (Phi) is 5.84. The molecule has 0 saturated carbocycles. The fourth-order valence-corrected chi connectivity index (χ4v) is 3.88. The van der Waals surface area contributed by atoms with Crippen molar-refractivity contribution in [3.8, 4) is 22.4 Å². The smallest absolute Gasteiger partial charge is 0.341 e. The summed E-state index contributed by atoms with van der Waals surface area (Å²) in [6, 6.07) is 11.7. The van der Waals surface area contributed by atoms with Gasteiger partial charge in [-0.05, 0) is 32.0 Å². The molecule has 144 valence electrons. The largest absolute Gasteiger partial charge is 0.477 e. The van der Waals surface area contributed by atoms with E-state index < -0.39 is 11.4 Å². The number of halogens is 3. The molecule has 1 N–H and O–H groups in total. The van der Waals surface area contributed by atoms with Crippen molar-refractivity contribution in [1.29, 1.82) is 0 Å². The van der Waals surface area contributed by atoms with Crippen LogP contribution < -0.4 is 5.43 Å².